The molecule has 0 spiro atoms. The monoisotopic (exact) mass is 562 g/mol. The van der Waals surface area contributed by atoms with E-state index in [1.165, 1.54) is 43.5 Å². The molecule has 0 radical (unpaired) electrons. The number of ether oxygens (including phenoxy) is 1. The van der Waals surface area contributed by atoms with Crippen molar-refractivity contribution in [2.24, 2.45) is 5.73 Å². The molecule has 0 aliphatic carbocycles. The number of hydrogen-bond donors (Lipinski definition) is 3. The molecule has 39 heavy (non-hydrogen) atoms. The van der Waals surface area contributed by atoms with E-state index >= 15 is 4.39 Å². The number of nitrogens with one attached hydrogen (secondary N) is 1. The van der Waals surface area contributed by atoms with Gasteiger partial charge in [-0.15, -0.1) is 0 Å². The summed E-state index contributed by atoms with van der Waals surface area (Å²) >= 11 is 5.80. The molecule has 10 nitrogen and oxygen atoms in total. The number of rotatable bonds is 8. The van der Waals surface area contributed by atoms with E-state index in [0.29, 0.717) is 10.9 Å². The Kier molecular flexibility index (Phi) is 7.77. The van der Waals surface area contributed by atoms with Crippen LogP contribution >= 0.6 is 11.6 Å². The lowest BCUT2D eigenvalue weighted by Gasteiger charge is -2.23. The van der Waals surface area contributed by atoms with Gasteiger partial charge in [-0.2, -0.15) is 0 Å². The van der Waals surface area contributed by atoms with Gasteiger partial charge < -0.3 is 25.8 Å². The fourth-order valence-corrected chi connectivity index (χ4v) is 4.82. The van der Waals surface area contributed by atoms with E-state index in [0.717, 1.165) is 9.47 Å². The number of urea groups is 1. The maximum atomic E-state index is 15.0. The van der Waals surface area contributed by atoms with Crippen LogP contribution in [-0.4, -0.2) is 63.3 Å². The number of fused-ring (bicyclic) bond motifs is 1. The van der Waals surface area contributed by atoms with Crippen LogP contribution in [0.3, 0.4) is 0 Å². The number of carbonyl (C=O) groups excluding carboxylic acids is 3. The first kappa shape index (κ1) is 27.8. The van der Waals surface area contributed by atoms with E-state index in [2.05, 4.69) is 5.32 Å². The van der Waals surface area contributed by atoms with Crippen molar-refractivity contribution >= 4 is 52.0 Å². The van der Waals surface area contributed by atoms with Crippen molar-refractivity contribution in [3.05, 3.63) is 59.0 Å². The fourth-order valence-electron chi connectivity index (χ4n) is 4.62. The molecule has 4 N–H and O–H groups in total. The van der Waals surface area contributed by atoms with Gasteiger partial charge in [0.15, 0.2) is 12.4 Å². The highest BCUT2D eigenvalue weighted by Gasteiger charge is 2.46. The molecule has 1 aromatic heterocycles. The number of aryl methyl sites for hydroxylation is 1. The number of hydrogen-bond acceptors (Lipinski definition) is 5. The first-order valence-electron chi connectivity index (χ1n) is 11.9. The molecule has 0 saturated carbocycles. The van der Waals surface area contributed by atoms with Crippen LogP contribution < -0.4 is 15.8 Å². The molecule has 1 aliphatic heterocycles. The van der Waals surface area contributed by atoms with Crippen molar-refractivity contribution in [3.63, 3.8) is 0 Å². The Labute approximate surface area is 226 Å². The van der Waals surface area contributed by atoms with Gasteiger partial charge >= 0.3 is 18.0 Å². The molecule has 1 aliphatic rings. The molecule has 0 unspecified atom stereocenters. The first-order valence-corrected chi connectivity index (χ1v) is 12.3. The highest BCUT2D eigenvalue weighted by molar-refractivity contribution is 6.30. The highest BCUT2D eigenvalue weighted by Crippen LogP contribution is 2.34. The number of halogens is 3. The molecule has 206 valence electrons. The van der Waals surface area contributed by atoms with Crippen LogP contribution in [0, 0.1) is 5.82 Å². The van der Waals surface area contributed by atoms with Crippen LogP contribution in [0.5, 0.6) is 5.75 Å². The van der Waals surface area contributed by atoms with Crippen molar-refractivity contribution in [1.82, 2.24) is 9.47 Å². The lowest BCUT2D eigenvalue weighted by molar-refractivity contribution is -0.139. The van der Waals surface area contributed by atoms with Crippen molar-refractivity contribution in [2.45, 2.75) is 37.9 Å². The summed E-state index contributed by atoms with van der Waals surface area (Å²) in [5.74, 6) is -2.13. The molecule has 2 aromatic carbocycles. The Bertz CT molecular complexity index is 1470. The summed E-state index contributed by atoms with van der Waals surface area (Å²) in [4.78, 5) is 50.2. The largest absolute Gasteiger partial charge is 0.482 e. The highest BCUT2D eigenvalue weighted by atomic mass is 35.5. The summed E-state index contributed by atoms with van der Waals surface area (Å²) in [6.07, 6.45) is 0.890. The molecule has 3 aromatic rings. The van der Waals surface area contributed by atoms with Gasteiger partial charge in [0.2, 0.25) is 0 Å². The minimum atomic E-state index is -1.85. The Hall–Kier alpha value is -4.19. The summed E-state index contributed by atoms with van der Waals surface area (Å²) in [6, 6.07) is 5.99. The summed E-state index contributed by atoms with van der Waals surface area (Å²) in [7, 11) is 0. The number of nitrogens with zero attached hydrogens (tertiary/aromatic N) is 2. The molecule has 1 saturated heterocycles. The van der Waals surface area contributed by atoms with Crippen LogP contribution in [0.2, 0.25) is 5.02 Å². The number of aliphatic carboxylic acids is 1. The Balaban J connectivity index is 1.56. The van der Waals surface area contributed by atoms with E-state index in [1.54, 1.807) is 6.07 Å². The van der Waals surface area contributed by atoms with Crippen molar-refractivity contribution in [2.75, 3.05) is 18.5 Å². The van der Waals surface area contributed by atoms with Crippen molar-refractivity contribution < 1.29 is 37.8 Å². The number of alkyl halides is 1. The Morgan fingerprint density at radius 3 is 2.69 bits per heavy atom. The normalized spacial score (nSPS) is 18.8. The number of benzene rings is 2. The smallest absolute Gasteiger partial charge is 0.341 e. The van der Waals surface area contributed by atoms with Gasteiger partial charge in [0, 0.05) is 24.4 Å². The zero-order valence-corrected chi connectivity index (χ0v) is 21.5. The van der Waals surface area contributed by atoms with E-state index < -0.39 is 47.9 Å². The fraction of sp³-hybridized carbons (Fsp3) is 0.308. The number of ketones is 1. The van der Waals surface area contributed by atoms with E-state index in [1.807, 2.05) is 0 Å². The zero-order valence-electron chi connectivity index (χ0n) is 20.7. The number of aromatic nitrogens is 1. The van der Waals surface area contributed by atoms with Gasteiger partial charge in [0.25, 0.3) is 0 Å². The minimum Gasteiger partial charge on any atom is -0.482 e. The summed E-state index contributed by atoms with van der Waals surface area (Å²) < 4.78 is 35.5. The SMILES string of the molecule is C[C@@]1(F)C[C@@H](C(=O)CCc2cccc(Cl)c2F)N(C(=O)Nc2cn(C(N)=O)c3ccc(OCC(=O)O)cc23)C1. The average Bonchev–Trinajstić information content (AvgIpc) is 3.40. The molecule has 13 heteroatoms. The number of Topliss-reactive ketones (excluding diaryl/α,β-unsaturated/α-hetero) is 1. The van der Waals surface area contributed by atoms with Gasteiger partial charge in [-0.1, -0.05) is 23.7 Å². The average molecular weight is 563 g/mol. The predicted octanol–water partition coefficient (Wildman–Crippen LogP) is 4.36. The lowest BCUT2D eigenvalue weighted by Crippen LogP contribution is -2.43. The Morgan fingerprint density at radius 1 is 1.26 bits per heavy atom. The van der Waals surface area contributed by atoms with Gasteiger partial charge in [-0.05, 0) is 43.2 Å². The predicted molar refractivity (Wildman–Crippen MR) is 138 cm³/mol. The zero-order chi connectivity index (χ0) is 28.5. The van der Waals surface area contributed by atoms with E-state index in [-0.39, 0.29) is 47.8 Å². The van der Waals surface area contributed by atoms with Crippen LogP contribution in [0.1, 0.15) is 25.3 Å². The van der Waals surface area contributed by atoms with Crippen molar-refractivity contribution in [3.8, 4) is 5.75 Å². The summed E-state index contributed by atoms with van der Waals surface area (Å²) in [6.45, 7) is 0.292. The van der Waals surface area contributed by atoms with Crippen LogP contribution in [-0.2, 0) is 16.0 Å². The molecular weight excluding hydrogens is 538 g/mol. The van der Waals surface area contributed by atoms with Gasteiger partial charge in [-0.3, -0.25) is 9.36 Å². The number of carboxylic acid groups (broad SMARTS) is 1. The quantitative estimate of drug-likeness (QED) is 0.372. The molecule has 4 rings (SSSR count). The van der Waals surface area contributed by atoms with Crippen LogP contribution in [0.25, 0.3) is 10.9 Å². The number of anilines is 1. The lowest BCUT2D eigenvalue weighted by atomic mass is 9.98. The number of carboxylic acids is 1. The summed E-state index contributed by atoms with van der Waals surface area (Å²) in [5.41, 5.74) is 4.23. The first-order chi connectivity index (χ1) is 18.4. The molecule has 3 amide bonds. The maximum absolute atomic E-state index is 15.0. The third-order valence-corrected chi connectivity index (χ3v) is 6.71. The van der Waals surface area contributed by atoms with E-state index in [4.69, 9.17) is 27.2 Å². The topological polar surface area (TPSA) is 144 Å². The molecular formula is C26H25ClF2N4O6. The van der Waals surface area contributed by atoms with Gasteiger partial charge in [0.1, 0.15) is 17.2 Å². The number of likely N-dealkylation sites (tertiary alicyclic amines) is 1. The van der Waals surface area contributed by atoms with E-state index in [9.17, 15) is 23.6 Å². The third-order valence-electron chi connectivity index (χ3n) is 6.42. The minimum absolute atomic E-state index is 0.0193. The number of amides is 3. The number of carbonyl (C=O) groups is 4. The number of primary amides is 1. The Morgan fingerprint density at radius 2 is 2.00 bits per heavy atom. The standard InChI is InChI=1S/C26H25ClF2N4O6/c1-26(29)10-20(21(34)8-5-14-3-2-4-17(27)23(14)28)33(13-26)25(38)31-18-11-32(24(30)37)19-7-6-15(9-16(18)19)39-12-22(35)36/h2-4,6-7,9,11,20H,5,8,10,12-13H2,1H3,(H2,30,37)(H,31,38)(H,35,36)/t20-,26+/m0/s1. The summed E-state index contributed by atoms with van der Waals surface area (Å²) in [5, 5.41) is 11.7. The van der Waals surface area contributed by atoms with Crippen molar-refractivity contribution in [1.29, 1.82) is 0 Å². The maximum Gasteiger partial charge on any atom is 0.341 e. The van der Waals surface area contributed by atoms with Gasteiger partial charge in [0.05, 0.1) is 28.8 Å². The third kappa shape index (κ3) is 6.11. The van der Waals surface area contributed by atoms with Crippen LogP contribution in [0.4, 0.5) is 24.1 Å². The molecule has 1 fully saturated rings. The second-order valence-corrected chi connectivity index (χ2v) is 9.89. The second kappa shape index (κ2) is 10.9. The van der Waals surface area contributed by atoms with Crippen LogP contribution in [0.15, 0.2) is 42.6 Å². The van der Waals surface area contributed by atoms with Gasteiger partial charge in [-0.25, -0.2) is 23.2 Å². The molecule has 0 bridgehead atoms. The second-order valence-electron chi connectivity index (χ2n) is 9.48. The molecule has 2 atom stereocenters. The number of nitrogens with two attached hydrogens (primary N) is 1. The molecule has 2 heterocycles.